The van der Waals surface area contributed by atoms with Crippen molar-refractivity contribution in [1.29, 1.82) is 0 Å². The van der Waals surface area contributed by atoms with Gasteiger partial charge in [-0.15, -0.1) is 0 Å². The number of hydrogen-bond acceptors (Lipinski definition) is 1. The first kappa shape index (κ1) is 12.8. The maximum absolute atomic E-state index is 6.51. The van der Waals surface area contributed by atoms with E-state index in [-0.39, 0.29) is 5.54 Å². The molecular formula is C17H21N. The van der Waals surface area contributed by atoms with Crippen LogP contribution >= 0.6 is 0 Å². The molecule has 2 aromatic carbocycles. The number of nitrogens with two attached hydrogens (primary N) is 1. The second-order valence-corrected chi connectivity index (χ2v) is 5.39. The van der Waals surface area contributed by atoms with E-state index < -0.39 is 0 Å². The van der Waals surface area contributed by atoms with Crippen LogP contribution in [0.25, 0.3) is 0 Å². The van der Waals surface area contributed by atoms with Crippen LogP contribution in [0.15, 0.2) is 48.5 Å². The predicted molar refractivity (Wildman–Crippen MR) is 77.6 cm³/mol. The van der Waals surface area contributed by atoms with Crippen LogP contribution in [0.3, 0.4) is 0 Å². The van der Waals surface area contributed by atoms with Crippen LogP contribution in [-0.2, 0) is 12.0 Å². The Balaban J connectivity index is 2.27. The summed E-state index contributed by atoms with van der Waals surface area (Å²) in [4.78, 5) is 0. The molecule has 0 radical (unpaired) electrons. The zero-order valence-corrected chi connectivity index (χ0v) is 11.4. The van der Waals surface area contributed by atoms with Crippen molar-refractivity contribution in [2.45, 2.75) is 32.7 Å². The van der Waals surface area contributed by atoms with Gasteiger partial charge in [0.25, 0.3) is 0 Å². The van der Waals surface area contributed by atoms with Crippen molar-refractivity contribution in [1.82, 2.24) is 0 Å². The monoisotopic (exact) mass is 239 g/mol. The van der Waals surface area contributed by atoms with E-state index >= 15 is 0 Å². The Bertz CT molecular complexity index is 524. The van der Waals surface area contributed by atoms with Gasteiger partial charge in [0, 0.05) is 5.54 Å². The highest BCUT2D eigenvalue weighted by atomic mass is 14.7. The van der Waals surface area contributed by atoms with Crippen molar-refractivity contribution in [3.8, 4) is 0 Å². The Morgan fingerprint density at radius 3 is 2.17 bits per heavy atom. The maximum atomic E-state index is 6.51. The topological polar surface area (TPSA) is 26.0 Å². The first-order valence-corrected chi connectivity index (χ1v) is 6.39. The fraction of sp³-hybridized carbons (Fsp3) is 0.294. The van der Waals surface area contributed by atoms with E-state index in [4.69, 9.17) is 5.73 Å². The zero-order valence-electron chi connectivity index (χ0n) is 11.4. The molecular weight excluding hydrogens is 218 g/mol. The molecule has 1 unspecified atom stereocenters. The van der Waals surface area contributed by atoms with Gasteiger partial charge in [-0.25, -0.2) is 0 Å². The van der Waals surface area contributed by atoms with Gasteiger partial charge in [-0.05, 0) is 43.9 Å². The molecule has 0 fully saturated rings. The summed E-state index contributed by atoms with van der Waals surface area (Å²) in [6.45, 7) is 6.33. The minimum Gasteiger partial charge on any atom is -0.321 e. The maximum Gasteiger partial charge on any atom is 0.0424 e. The highest BCUT2D eigenvalue weighted by Crippen LogP contribution is 2.25. The van der Waals surface area contributed by atoms with Gasteiger partial charge in [-0.1, -0.05) is 54.1 Å². The molecule has 2 N–H and O–H groups in total. The van der Waals surface area contributed by atoms with Crippen molar-refractivity contribution >= 4 is 0 Å². The number of benzene rings is 2. The van der Waals surface area contributed by atoms with Crippen LogP contribution in [0, 0.1) is 13.8 Å². The largest absolute Gasteiger partial charge is 0.321 e. The quantitative estimate of drug-likeness (QED) is 0.868. The van der Waals surface area contributed by atoms with Crippen LogP contribution in [0.1, 0.15) is 29.2 Å². The summed E-state index contributed by atoms with van der Waals surface area (Å²) in [7, 11) is 0. The van der Waals surface area contributed by atoms with Crippen LogP contribution in [0.4, 0.5) is 0 Å². The van der Waals surface area contributed by atoms with Gasteiger partial charge in [0.1, 0.15) is 0 Å². The third-order valence-corrected chi connectivity index (χ3v) is 3.45. The first-order valence-electron chi connectivity index (χ1n) is 6.39. The van der Waals surface area contributed by atoms with E-state index in [2.05, 4.69) is 69.3 Å². The molecule has 0 aliphatic carbocycles. The van der Waals surface area contributed by atoms with Gasteiger partial charge >= 0.3 is 0 Å². The molecule has 1 atom stereocenters. The summed E-state index contributed by atoms with van der Waals surface area (Å²) in [5.41, 5.74) is 11.2. The molecule has 0 bridgehead atoms. The second kappa shape index (κ2) is 4.95. The molecule has 0 amide bonds. The number of hydrogen-bond donors (Lipinski definition) is 1. The van der Waals surface area contributed by atoms with Gasteiger partial charge in [0.2, 0.25) is 0 Å². The Labute approximate surface area is 110 Å². The highest BCUT2D eigenvalue weighted by Gasteiger charge is 2.23. The Kier molecular flexibility index (Phi) is 3.53. The van der Waals surface area contributed by atoms with Crippen molar-refractivity contribution < 1.29 is 0 Å². The summed E-state index contributed by atoms with van der Waals surface area (Å²) in [6.07, 6.45) is 0.859. The molecule has 1 nitrogen and oxygen atoms in total. The van der Waals surface area contributed by atoms with Crippen LogP contribution < -0.4 is 5.73 Å². The van der Waals surface area contributed by atoms with E-state index in [1.807, 2.05) is 0 Å². The van der Waals surface area contributed by atoms with Gasteiger partial charge in [-0.2, -0.15) is 0 Å². The molecule has 0 saturated heterocycles. The summed E-state index contributed by atoms with van der Waals surface area (Å²) in [5, 5.41) is 0. The Morgan fingerprint density at radius 1 is 0.944 bits per heavy atom. The second-order valence-electron chi connectivity index (χ2n) is 5.39. The lowest BCUT2D eigenvalue weighted by Crippen LogP contribution is -2.36. The van der Waals surface area contributed by atoms with E-state index in [9.17, 15) is 0 Å². The van der Waals surface area contributed by atoms with E-state index in [1.54, 1.807) is 0 Å². The minimum absolute atomic E-state index is 0.319. The molecule has 94 valence electrons. The normalized spacial score (nSPS) is 14.2. The smallest absolute Gasteiger partial charge is 0.0424 e. The predicted octanol–water partition coefficient (Wildman–Crippen LogP) is 3.72. The highest BCUT2D eigenvalue weighted by molar-refractivity contribution is 5.34. The summed E-state index contributed by atoms with van der Waals surface area (Å²) >= 11 is 0. The SMILES string of the molecule is Cc1ccc(CC(C)(N)c2ccccc2C)cc1. The van der Waals surface area contributed by atoms with Crippen LogP contribution in [-0.4, -0.2) is 0 Å². The lowest BCUT2D eigenvalue weighted by molar-refractivity contribution is 0.488. The van der Waals surface area contributed by atoms with Crippen LogP contribution in [0.5, 0.6) is 0 Å². The van der Waals surface area contributed by atoms with E-state index in [0.29, 0.717) is 0 Å². The molecule has 2 aromatic rings. The molecule has 0 heterocycles. The summed E-state index contributed by atoms with van der Waals surface area (Å²) in [5.74, 6) is 0. The zero-order chi connectivity index (χ0) is 13.2. The molecule has 18 heavy (non-hydrogen) atoms. The van der Waals surface area contributed by atoms with Gasteiger partial charge < -0.3 is 5.73 Å². The van der Waals surface area contributed by atoms with Crippen molar-refractivity contribution in [3.05, 3.63) is 70.8 Å². The average molecular weight is 239 g/mol. The van der Waals surface area contributed by atoms with Gasteiger partial charge in [0.15, 0.2) is 0 Å². The van der Waals surface area contributed by atoms with E-state index in [1.165, 1.54) is 22.3 Å². The summed E-state index contributed by atoms with van der Waals surface area (Å²) < 4.78 is 0. The third-order valence-electron chi connectivity index (χ3n) is 3.45. The first-order chi connectivity index (χ1) is 8.49. The minimum atomic E-state index is -0.319. The van der Waals surface area contributed by atoms with Crippen molar-refractivity contribution in [2.75, 3.05) is 0 Å². The molecule has 2 rings (SSSR count). The third kappa shape index (κ3) is 2.80. The molecule has 0 aromatic heterocycles. The fourth-order valence-electron chi connectivity index (χ4n) is 2.44. The molecule has 1 heteroatoms. The molecule has 0 saturated carbocycles. The Morgan fingerprint density at radius 2 is 1.56 bits per heavy atom. The molecule has 0 aliphatic heterocycles. The molecule has 0 aliphatic rings. The average Bonchev–Trinajstić information content (AvgIpc) is 2.32. The van der Waals surface area contributed by atoms with Crippen molar-refractivity contribution in [2.24, 2.45) is 5.73 Å². The Hall–Kier alpha value is -1.60. The van der Waals surface area contributed by atoms with Crippen molar-refractivity contribution in [3.63, 3.8) is 0 Å². The van der Waals surface area contributed by atoms with Gasteiger partial charge in [0.05, 0.1) is 0 Å². The summed E-state index contributed by atoms with van der Waals surface area (Å²) in [6, 6.07) is 17.0. The van der Waals surface area contributed by atoms with Crippen LogP contribution in [0.2, 0.25) is 0 Å². The van der Waals surface area contributed by atoms with E-state index in [0.717, 1.165) is 6.42 Å². The molecule has 0 spiro atoms. The lowest BCUT2D eigenvalue weighted by Gasteiger charge is -2.27. The number of rotatable bonds is 3. The number of aryl methyl sites for hydroxylation is 2. The fourth-order valence-corrected chi connectivity index (χ4v) is 2.44. The van der Waals surface area contributed by atoms with Gasteiger partial charge in [-0.3, -0.25) is 0 Å². The standard InChI is InChI=1S/C17H21N/c1-13-8-10-15(11-9-13)12-17(3,18)16-7-5-4-6-14(16)2/h4-11H,12,18H2,1-3H3. The lowest BCUT2D eigenvalue weighted by atomic mass is 9.84.